The Kier molecular flexibility index (Phi) is 5.56. The SMILES string of the molecule is C#CCN(CCn1ccc(=O)c(O)c1C)Cc1ccccc1F. The minimum Gasteiger partial charge on any atom is -0.503 e. The van der Waals surface area contributed by atoms with Crippen molar-refractivity contribution in [1.82, 2.24) is 9.47 Å². The van der Waals surface area contributed by atoms with Crippen LogP contribution >= 0.6 is 0 Å². The molecule has 0 saturated carbocycles. The topological polar surface area (TPSA) is 45.5 Å². The molecule has 0 bridgehead atoms. The Balaban J connectivity index is 2.09. The van der Waals surface area contributed by atoms with Crippen molar-refractivity contribution >= 4 is 0 Å². The fraction of sp³-hybridized carbons (Fsp3) is 0.278. The predicted molar refractivity (Wildman–Crippen MR) is 87.6 cm³/mol. The highest BCUT2D eigenvalue weighted by atomic mass is 19.1. The minimum absolute atomic E-state index is 0.245. The second-order valence-corrected chi connectivity index (χ2v) is 5.31. The number of benzene rings is 1. The van der Waals surface area contributed by atoms with Gasteiger partial charge in [0.1, 0.15) is 5.82 Å². The van der Waals surface area contributed by atoms with Crippen LogP contribution < -0.4 is 5.43 Å². The molecular formula is C18H19FN2O2. The second kappa shape index (κ2) is 7.61. The first kappa shape index (κ1) is 16.8. The van der Waals surface area contributed by atoms with E-state index in [1.54, 1.807) is 35.9 Å². The molecule has 23 heavy (non-hydrogen) atoms. The zero-order valence-corrected chi connectivity index (χ0v) is 13.0. The number of terminal acetylenes is 1. The summed E-state index contributed by atoms with van der Waals surface area (Å²) < 4.78 is 15.5. The van der Waals surface area contributed by atoms with Gasteiger partial charge in [0.15, 0.2) is 5.75 Å². The lowest BCUT2D eigenvalue weighted by Gasteiger charge is -2.22. The first-order valence-electron chi connectivity index (χ1n) is 7.31. The van der Waals surface area contributed by atoms with Crippen molar-refractivity contribution in [1.29, 1.82) is 0 Å². The van der Waals surface area contributed by atoms with Gasteiger partial charge in [0.2, 0.25) is 5.43 Å². The van der Waals surface area contributed by atoms with E-state index < -0.39 is 5.43 Å². The van der Waals surface area contributed by atoms with E-state index in [9.17, 15) is 14.3 Å². The third-order valence-electron chi connectivity index (χ3n) is 3.74. The molecule has 0 amide bonds. The molecule has 0 fully saturated rings. The average molecular weight is 314 g/mol. The Bertz CT molecular complexity index is 777. The molecule has 0 spiro atoms. The van der Waals surface area contributed by atoms with Crippen molar-refractivity contribution in [2.45, 2.75) is 20.0 Å². The van der Waals surface area contributed by atoms with Gasteiger partial charge in [0.25, 0.3) is 0 Å². The van der Waals surface area contributed by atoms with E-state index in [-0.39, 0.29) is 11.6 Å². The molecule has 0 aliphatic heterocycles. The van der Waals surface area contributed by atoms with Crippen LogP contribution in [0, 0.1) is 25.1 Å². The van der Waals surface area contributed by atoms with Gasteiger partial charge in [-0.3, -0.25) is 9.69 Å². The summed E-state index contributed by atoms with van der Waals surface area (Å²) >= 11 is 0. The molecule has 0 saturated heterocycles. The molecule has 0 unspecified atom stereocenters. The Hall–Kier alpha value is -2.58. The fourth-order valence-corrected chi connectivity index (χ4v) is 2.36. The molecule has 120 valence electrons. The molecule has 0 atom stereocenters. The largest absolute Gasteiger partial charge is 0.503 e. The standard InChI is InChI=1S/C18H19FN2O2/c1-3-9-20(13-15-6-4-5-7-16(15)19)11-12-21-10-8-17(22)18(23)14(21)2/h1,4-8,10,23H,9,11-13H2,2H3. The lowest BCUT2D eigenvalue weighted by Crippen LogP contribution is -2.28. The molecule has 1 N–H and O–H groups in total. The van der Waals surface area contributed by atoms with E-state index in [1.807, 2.05) is 4.90 Å². The van der Waals surface area contributed by atoms with Crippen LogP contribution in [0.5, 0.6) is 5.75 Å². The first-order valence-corrected chi connectivity index (χ1v) is 7.31. The molecule has 1 aromatic carbocycles. The van der Waals surface area contributed by atoms with Gasteiger partial charge in [-0.2, -0.15) is 0 Å². The second-order valence-electron chi connectivity index (χ2n) is 5.31. The van der Waals surface area contributed by atoms with E-state index in [0.717, 1.165) is 0 Å². The molecule has 0 aliphatic rings. The number of pyridine rings is 1. The summed E-state index contributed by atoms with van der Waals surface area (Å²) in [6.45, 7) is 3.58. The van der Waals surface area contributed by atoms with Crippen molar-refractivity contribution in [2.24, 2.45) is 0 Å². The summed E-state index contributed by atoms with van der Waals surface area (Å²) in [7, 11) is 0. The molecule has 1 heterocycles. The summed E-state index contributed by atoms with van der Waals surface area (Å²) in [5.41, 5.74) is 0.692. The van der Waals surface area contributed by atoms with Crippen LogP contribution in [0.4, 0.5) is 4.39 Å². The van der Waals surface area contributed by atoms with Gasteiger partial charge in [-0.05, 0) is 13.0 Å². The fourth-order valence-electron chi connectivity index (χ4n) is 2.36. The number of hydrogen-bond donors (Lipinski definition) is 1. The number of nitrogens with zero attached hydrogens (tertiary/aromatic N) is 2. The summed E-state index contributed by atoms with van der Waals surface area (Å²) in [6, 6.07) is 7.92. The molecule has 0 radical (unpaired) electrons. The van der Waals surface area contributed by atoms with Gasteiger partial charge in [-0.25, -0.2) is 4.39 Å². The van der Waals surface area contributed by atoms with E-state index in [0.29, 0.717) is 37.4 Å². The van der Waals surface area contributed by atoms with Crippen LogP contribution in [0.1, 0.15) is 11.3 Å². The van der Waals surface area contributed by atoms with Crippen LogP contribution in [-0.4, -0.2) is 27.7 Å². The Labute approximate surface area is 134 Å². The lowest BCUT2D eigenvalue weighted by atomic mass is 10.2. The number of hydrogen-bond acceptors (Lipinski definition) is 3. The summed E-state index contributed by atoms with van der Waals surface area (Å²) in [5.74, 6) is 2.07. The smallest absolute Gasteiger partial charge is 0.223 e. The van der Waals surface area contributed by atoms with Crippen molar-refractivity contribution in [2.75, 3.05) is 13.1 Å². The van der Waals surface area contributed by atoms with Gasteiger partial charge >= 0.3 is 0 Å². The maximum absolute atomic E-state index is 13.8. The number of aromatic hydroxyl groups is 1. The highest BCUT2D eigenvalue weighted by Gasteiger charge is 2.10. The highest BCUT2D eigenvalue weighted by molar-refractivity contribution is 5.25. The first-order chi connectivity index (χ1) is 11.0. The van der Waals surface area contributed by atoms with Crippen molar-refractivity contribution in [3.8, 4) is 18.1 Å². The van der Waals surface area contributed by atoms with Gasteiger partial charge in [0.05, 0.1) is 12.2 Å². The molecule has 2 aromatic rings. The molecule has 0 aliphatic carbocycles. The normalized spacial score (nSPS) is 10.7. The third kappa shape index (κ3) is 4.21. The Morgan fingerprint density at radius 3 is 2.78 bits per heavy atom. The quantitative estimate of drug-likeness (QED) is 0.831. The lowest BCUT2D eigenvalue weighted by molar-refractivity contribution is 0.279. The van der Waals surface area contributed by atoms with E-state index >= 15 is 0 Å². The van der Waals surface area contributed by atoms with E-state index in [2.05, 4.69) is 5.92 Å². The minimum atomic E-state index is -0.398. The molecule has 4 nitrogen and oxygen atoms in total. The Morgan fingerprint density at radius 1 is 1.35 bits per heavy atom. The zero-order valence-electron chi connectivity index (χ0n) is 13.0. The van der Waals surface area contributed by atoms with Gasteiger partial charge in [-0.1, -0.05) is 24.1 Å². The molecule has 1 aromatic heterocycles. The molecular weight excluding hydrogens is 295 g/mol. The maximum Gasteiger partial charge on any atom is 0.223 e. The highest BCUT2D eigenvalue weighted by Crippen LogP contribution is 2.12. The summed E-state index contributed by atoms with van der Waals surface area (Å²) in [5, 5.41) is 9.70. The summed E-state index contributed by atoms with van der Waals surface area (Å²) in [4.78, 5) is 13.3. The van der Waals surface area contributed by atoms with Crippen LogP contribution in [0.15, 0.2) is 41.3 Å². The predicted octanol–water partition coefficient (Wildman–Crippen LogP) is 2.14. The third-order valence-corrected chi connectivity index (χ3v) is 3.74. The maximum atomic E-state index is 13.8. The van der Waals surface area contributed by atoms with Gasteiger partial charge in [-0.15, -0.1) is 6.42 Å². The van der Waals surface area contributed by atoms with Crippen LogP contribution in [-0.2, 0) is 13.1 Å². The van der Waals surface area contributed by atoms with Gasteiger partial charge in [0, 0.05) is 37.5 Å². The Morgan fingerprint density at radius 2 is 2.09 bits per heavy atom. The van der Waals surface area contributed by atoms with Crippen molar-refractivity contribution in [3.63, 3.8) is 0 Å². The van der Waals surface area contributed by atoms with E-state index in [4.69, 9.17) is 6.42 Å². The van der Waals surface area contributed by atoms with Crippen LogP contribution in [0.3, 0.4) is 0 Å². The van der Waals surface area contributed by atoms with Crippen LogP contribution in [0.25, 0.3) is 0 Å². The number of halogens is 1. The molecule has 2 rings (SSSR count). The van der Waals surface area contributed by atoms with Crippen molar-refractivity contribution in [3.05, 3.63) is 63.8 Å². The number of aromatic nitrogens is 1. The number of rotatable bonds is 6. The van der Waals surface area contributed by atoms with Gasteiger partial charge < -0.3 is 9.67 Å². The zero-order chi connectivity index (χ0) is 16.8. The van der Waals surface area contributed by atoms with E-state index in [1.165, 1.54) is 12.1 Å². The monoisotopic (exact) mass is 314 g/mol. The average Bonchev–Trinajstić information content (AvgIpc) is 2.54. The van der Waals surface area contributed by atoms with Crippen molar-refractivity contribution < 1.29 is 9.50 Å². The molecule has 5 heteroatoms. The van der Waals surface area contributed by atoms with Crippen LogP contribution in [0.2, 0.25) is 0 Å². The summed E-state index contributed by atoms with van der Waals surface area (Å²) in [6.07, 6.45) is 7.02.